The van der Waals surface area contributed by atoms with E-state index < -0.39 is 11.9 Å². The lowest BCUT2D eigenvalue weighted by molar-refractivity contribution is 0.171. The van der Waals surface area contributed by atoms with Crippen LogP contribution in [-0.2, 0) is 13.5 Å². The van der Waals surface area contributed by atoms with Crippen LogP contribution in [0, 0.1) is 12.7 Å². The molecule has 4 nitrogen and oxygen atoms in total. The van der Waals surface area contributed by atoms with Gasteiger partial charge in [-0.3, -0.25) is 4.68 Å². The number of nitrogens with zero attached hydrogens (tertiary/aromatic N) is 2. The highest BCUT2D eigenvalue weighted by Gasteiger charge is 2.19. The fourth-order valence-electron chi connectivity index (χ4n) is 2.10. The van der Waals surface area contributed by atoms with Gasteiger partial charge in [0, 0.05) is 25.1 Å². The summed E-state index contributed by atoms with van der Waals surface area (Å²) in [7, 11) is 3.20. The summed E-state index contributed by atoms with van der Waals surface area (Å²) in [6, 6.07) is 4.36. The van der Waals surface area contributed by atoms with Crippen LogP contribution in [0.5, 0.6) is 5.75 Å². The largest absolute Gasteiger partial charge is 0.497 e. The predicted octanol–water partition coefficient (Wildman–Crippen LogP) is 2.81. The van der Waals surface area contributed by atoms with Crippen LogP contribution in [0.2, 0.25) is 5.02 Å². The molecule has 2 rings (SSSR count). The van der Waals surface area contributed by atoms with Gasteiger partial charge in [0.15, 0.2) is 0 Å². The molecule has 20 heavy (non-hydrogen) atoms. The maximum absolute atomic E-state index is 13.9. The number of rotatable bonds is 4. The van der Waals surface area contributed by atoms with Crippen LogP contribution < -0.4 is 4.74 Å². The van der Waals surface area contributed by atoms with E-state index in [2.05, 4.69) is 5.10 Å². The molecule has 0 aliphatic rings. The van der Waals surface area contributed by atoms with Gasteiger partial charge in [-0.25, -0.2) is 4.39 Å². The minimum Gasteiger partial charge on any atom is -0.497 e. The molecule has 1 aromatic heterocycles. The van der Waals surface area contributed by atoms with Gasteiger partial charge in [-0.2, -0.15) is 5.10 Å². The first-order valence-corrected chi connectivity index (χ1v) is 6.51. The molecule has 0 aliphatic carbocycles. The van der Waals surface area contributed by atoms with E-state index >= 15 is 0 Å². The standard InChI is InChI=1S/C14H16ClFN2O2/c1-8-14(15)12(18(2)17-8)7-13(19)10-5-4-9(20-3)6-11(10)16/h4-6,13,19H,7H2,1-3H3. The van der Waals surface area contributed by atoms with Crippen LogP contribution in [-0.4, -0.2) is 22.0 Å². The Balaban J connectivity index is 2.26. The van der Waals surface area contributed by atoms with Gasteiger partial charge < -0.3 is 9.84 Å². The van der Waals surface area contributed by atoms with E-state index in [1.165, 1.54) is 19.2 Å². The number of aryl methyl sites for hydroxylation is 2. The lowest BCUT2D eigenvalue weighted by atomic mass is 10.0. The summed E-state index contributed by atoms with van der Waals surface area (Å²) in [4.78, 5) is 0. The van der Waals surface area contributed by atoms with Gasteiger partial charge in [-0.15, -0.1) is 0 Å². The third kappa shape index (κ3) is 2.78. The first kappa shape index (κ1) is 14.8. The molecular formula is C14H16ClFN2O2. The minimum absolute atomic E-state index is 0.194. The van der Waals surface area contributed by atoms with Crippen molar-refractivity contribution in [3.63, 3.8) is 0 Å². The SMILES string of the molecule is COc1ccc(C(O)Cc2c(Cl)c(C)nn2C)c(F)c1. The average molecular weight is 299 g/mol. The summed E-state index contributed by atoms with van der Waals surface area (Å²) < 4.78 is 20.4. The van der Waals surface area contributed by atoms with Crippen molar-refractivity contribution in [2.75, 3.05) is 7.11 Å². The highest BCUT2D eigenvalue weighted by molar-refractivity contribution is 6.31. The topological polar surface area (TPSA) is 47.3 Å². The van der Waals surface area contributed by atoms with Crippen molar-refractivity contribution in [2.45, 2.75) is 19.4 Å². The number of hydrogen-bond donors (Lipinski definition) is 1. The molecule has 1 N–H and O–H groups in total. The van der Waals surface area contributed by atoms with Crippen LogP contribution >= 0.6 is 11.6 Å². The van der Waals surface area contributed by atoms with E-state index in [1.54, 1.807) is 24.7 Å². The third-order valence-corrected chi connectivity index (χ3v) is 3.71. The zero-order valence-electron chi connectivity index (χ0n) is 11.5. The zero-order chi connectivity index (χ0) is 14.9. The maximum Gasteiger partial charge on any atom is 0.132 e. The van der Waals surface area contributed by atoms with Crippen molar-refractivity contribution in [2.24, 2.45) is 7.05 Å². The number of hydrogen-bond acceptors (Lipinski definition) is 3. The average Bonchev–Trinajstić information content (AvgIpc) is 2.65. The summed E-state index contributed by atoms with van der Waals surface area (Å²) in [5.41, 5.74) is 1.57. The van der Waals surface area contributed by atoms with Crippen LogP contribution in [0.25, 0.3) is 0 Å². The number of aliphatic hydroxyl groups excluding tert-OH is 1. The number of aliphatic hydroxyl groups is 1. The number of benzene rings is 1. The molecular weight excluding hydrogens is 283 g/mol. The molecule has 0 bridgehead atoms. The summed E-state index contributed by atoms with van der Waals surface area (Å²) >= 11 is 6.12. The Morgan fingerprint density at radius 1 is 1.50 bits per heavy atom. The number of methoxy groups -OCH3 is 1. The molecule has 1 heterocycles. The number of halogens is 2. The van der Waals surface area contributed by atoms with Crippen molar-refractivity contribution < 1.29 is 14.2 Å². The fourth-order valence-corrected chi connectivity index (χ4v) is 2.34. The summed E-state index contributed by atoms with van der Waals surface area (Å²) in [5, 5.41) is 14.9. The monoisotopic (exact) mass is 298 g/mol. The molecule has 2 aromatic rings. The second kappa shape index (κ2) is 5.81. The van der Waals surface area contributed by atoms with Crippen LogP contribution in [0.15, 0.2) is 18.2 Å². The summed E-state index contributed by atoms with van der Waals surface area (Å²) in [6.45, 7) is 1.78. The second-order valence-electron chi connectivity index (χ2n) is 4.58. The van der Waals surface area contributed by atoms with Crippen molar-refractivity contribution in [1.29, 1.82) is 0 Å². The highest BCUT2D eigenvalue weighted by atomic mass is 35.5. The normalized spacial score (nSPS) is 12.5. The fraction of sp³-hybridized carbons (Fsp3) is 0.357. The molecule has 108 valence electrons. The van der Waals surface area contributed by atoms with E-state index in [1.807, 2.05) is 0 Å². The molecule has 1 aromatic carbocycles. The molecule has 1 atom stereocenters. The Kier molecular flexibility index (Phi) is 4.30. The summed E-state index contributed by atoms with van der Waals surface area (Å²) in [6.07, 6.45) is -0.799. The molecule has 6 heteroatoms. The minimum atomic E-state index is -0.992. The first-order valence-electron chi connectivity index (χ1n) is 6.13. The lowest BCUT2D eigenvalue weighted by Gasteiger charge is -2.13. The third-order valence-electron chi connectivity index (χ3n) is 3.21. The van der Waals surface area contributed by atoms with Gasteiger partial charge in [0.05, 0.1) is 29.6 Å². The van der Waals surface area contributed by atoms with E-state index in [0.29, 0.717) is 22.2 Å². The quantitative estimate of drug-likeness (QED) is 0.944. The van der Waals surface area contributed by atoms with Crippen LogP contribution in [0.1, 0.15) is 23.1 Å². The Labute approximate surface area is 121 Å². The van der Waals surface area contributed by atoms with E-state index in [4.69, 9.17) is 16.3 Å². The number of ether oxygens (including phenoxy) is 1. The Morgan fingerprint density at radius 2 is 2.20 bits per heavy atom. The van der Waals surface area contributed by atoms with Gasteiger partial charge in [0.1, 0.15) is 11.6 Å². The Hall–Kier alpha value is -1.59. The maximum atomic E-state index is 13.9. The Morgan fingerprint density at radius 3 is 2.70 bits per heavy atom. The number of aromatic nitrogens is 2. The highest BCUT2D eigenvalue weighted by Crippen LogP contribution is 2.28. The van der Waals surface area contributed by atoms with Gasteiger partial charge in [-0.05, 0) is 19.1 Å². The van der Waals surface area contributed by atoms with Crippen LogP contribution in [0.3, 0.4) is 0 Å². The van der Waals surface area contributed by atoms with Gasteiger partial charge in [0.2, 0.25) is 0 Å². The van der Waals surface area contributed by atoms with Gasteiger partial charge in [0.25, 0.3) is 0 Å². The predicted molar refractivity (Wildman–Crippen MR) is 74.6 cm³/mol. The van der Waals surface area contributed by atoms with Crippen molar-refractivity contribution in [3.8, 4) is 5.75 Å². The molecule has 0 saturated heterocycles. The Bertz CT molecular complexity index is 628. The smallest absolute Gasteiger partial charge is 0.132 e. The molecule has 0 saturated carbocycles. The molecule has 0 fully saturated rings. The van der Waals surface area contributed by atoms with Crippen molar-refractivity contribution >= 4 is 11.6 Å². The molecule has 0 aliphatic heterocycles. The molecule has 0 amide bonds. The van der Waals surface area contributed by atoms with Crippen molar-refractivity contribution in [3.05, 3.63) is 46.0 Å². The van der Waals surface area contributed by atoms with Crippen molar-refractivity contribution in [1.82, 2.24) is 9.78 Å². The van der Waals surface area contributed by atoms with Gasteiger partial charge in [-0.1, -0.05) is 11.6 Å². The first-order chi connectivity index (χ1) is 9.43. The molecule has 0 spiro atoms. The molecule has 0 radical (unpaired) electrons. The van der Waals surface area contributed by atoms with E-state index in [0.717, 1.165) is 0 Å². The lowest BCUT2D eigenvalue weighted by Crippen LogP contribution is -2.08. The van der Waals surface area contributed by atoms with Gasteiger partial charge >= 0.3 is 0 Å². The molecule has 1 unspecified atom stereocenters. The van der Waals surface area contributed by atoms with E-state index in [-0.39, 0.29) is 12.0 Å². The van der Waals surface area contributed by atoms with Crippen LogP contribution in [0.4, 0.5) is 4.39 Å². The van der Waals surface area contributed by atoms with E-state index in [9.17, 15) is 9.50 Å². The summed E-state index contributed by atoms with van der Waals surface area (Å²) in [5.74, 6) is -0.0975. The second-order valence-corrected chi connectivity index (χ2v) is 4.96. The zero-order valence-corrected chi connectivity index (χ0v) is 12.3.